The minimum atomic E-state index is 0.148. The Labute approximate surface area is 119 Å². The fraction of sp³-hybridized carbons (Fsp3) is 0.643. The van der Waals surface area contributed by atoms with Crippen LogP contribution in [-0.2, 0) is 11.3 Å². The molecule has 2 rings (SSSR count). The largest absolute Gasteiger partial charge is 0.381 e. The van der Waals surface area contributed by atoms with Crippen molar-refractivity contribution in [3.63, 3.8) is 0 Å². The van der Waals surface area contributed by atoms with Crippen LogP contribution < -0.4 is 10.6 Å². The van der Waals surface area contributed by atoms with E-state index < -0.39 is 0 Å². The van der Waals surface area contributed by atoms with Crippen LogP contribution in [0, 0.1) is 5.41 Å². The summed E-state index contributed by atoms with van der Waals surface area (Å²) in [5, 5.41) is 11.1. The lowest BCUT2D eigenvalue weighted by atomic mass is 9.64. The molecule has 1 aliphatic carbocycles. The second-order valence-electron chi connectivity index (χ2n) is 5.54. The van der Waals surface area contributed by atoms with Gasteiger partial charge < -0.3 is 15.4 Å². The van der Waals surface area contributed by atoms with E-state index in [2.05, 4.69) is 46.3 Å². The van der Waals surface area contributed by atoms with E-state index in [9.17, 15) is 0 Å². The molecule has 0 spiro atoms. The summed E-state index contributed by atoms with van der Waals surface area (Å²) in [6.07, 6.45) is 1.36. The van der Waals surface area contributed by atoms with Gasteiger partial charge in [-0.05, 0) is 28.8 Å². The normalized spacial score (nSPS) is 25.8. The van der Waals surface area contributed by atoms with Crippen LogP contribution in [0.4, 0.5) is 0 Å². The number of hydrogen-bond donors (Lipinski definition) is 2. The van der Waals surface area contributed by atoms with Crippen molar-refractivity contribution in [1.82, 2.24) is 10.6 Å². The molecule has 0 aromatic carbocycles. The summed E-state index contributed by atoms with van der Waals surface area (Å²) in [5.41, 5.74) is 1.44. The fourth-order valence-electron chi connectivity index (χ4n) is 2.47. The highest BCUT2D eigenvalue weighted by Gasteiger charge is 2.48. The molecule has 106 valence electrons. The monoisotopic (exact) mass is 281 g/mol. The molecule has 1 saturated carbocycles. The van der Waals surface area contributed by atoms with Crippen LogP contribution in [0.15, 0.2) is 21.8 Å². The molecular weight excluding hydrogens is 258 g/mol. The number of nitrogens with one attached hydrogen (secondary N) is 2. The standard InChI is InChI=1S/C14H23N3OS/c1-14(2)11(7-12(14)18-4)17-13(15-3)16-8-10-5-6-19-9-10/h5-6,9,11-12H,7-8H2,1-4H3,(H2,15,16,17). The van der Waals surface area contributed by atoms with Crippen LogP contribution in [0.2, 0.25) is 0 Å². The third-order valence-electron chi connectivity index (χ3n) is 4.04. The minimum Gasteiger partial charge on any atom is -0.381 e. The second-order valence-corrected chi connectivity index (χ2v) is 6.32. The first kappa shape index (κ1) is 14.3. The molecule has 0 saturated heterocycles. The average molecular weight is 281 g/mol. The third kappa shape index (κ3) is 3.09. The molecule has 1 aromatic rings. The van der Waals surface area contributed by atoms with Crippen LogP contribution in [0.5, 0.6) is 0 Å². The summed E-state index contributed by atoms with van der Waals surface area (Å²) in [7, 11) is 3.59. The van der Waals surface area contributed by atoms with Gasteiger partial charge in [0.1, 0.15) is 0 Å². The maximum atomic E-state index is 5.47. The lowest BCUT2D eigenvalue weighted by Crippen LogP contribution is -2.63. The number of thiophene rings is 1. The Balaban J connectivity index is 1.84. The van der Waals surface area contributed by atoms with E-state index in [4.69, 9.17) is 4.74 Å². The van der Waals surface area contributed by atoms with Crippen molar-refractivity contribution < 1.29 is 4.74 Å². The number of hydrogen-bond acceptors (Lipinski definition) is 3. The van der Waals surface area contributed by atoms with Crippen LogP contribution in [-0.4, -0.2) is 32.3 Å². The van der Waals surface area contributed by atoms with E-state index in [1.165, 1.54) is 5.56 Å². The van der Waals surface area contributed by atoms with E-state index in [-0.39, 0.29) is 5.41 Å². The molecule has 19 heavy (non-hydrogen) atoms. The van der Waals surface area contributed by atoms with Gasteiger partial charge in [0.15, 0.2) is 5.96 Å². The Hall–Kier alpha value is -1.07. The summed E-state index contributed by atoms with van der Waals surface area (Å²) >= 11 is 1.71. The number of rotatable bonds is 4. The molecular formula is C14H23N3OS. The van der Waals surface area contributed by atoms with E-state index in [1.807, 2.05) is 7.05 Å². The SMILES string of the molecule is CN=C(NCc1ccsc1)NC1CC(OC)C1(C)C. The van der Waals surface area contributed by atoms with Crippen molar-refractivity contribution in [2.75, 3.05) is 14.2 Å². The quantitative estimate of drug-likeness (QED) is 0.657. The van der Waals surface area contributed by atoms with Gasteiger partial charge in [-0.25, -0.2) is 0 Å². The molecule has 2 atom stereocenters. The van der Waals surface area contributed by atoms with Gasteiger partial charge in [0.2, 0.25) is 0 Å². The maximum Gasteiger partial charge on any atom is 0.191 e. The molecule has 2 unspecified atom stereocenters. The fourth-order valence-corrected chi connectivity index (χ4v) is 3.14. The molecule has 4 nitrogen and oxygen atoms in total. The molecule has 1 aromatic heterocycles. The first-order valence-electron chi connectivity index (χ1n) is 6.59. The topological polar surface area (TPSA) is 45.7 Å². The van der Waals surface area contributed by atoms with Gasteiger partial charge in [0.25, 0.3) is 0 Å². The van der Waals surface area contributed by atoms with Crippen molar-refractivity contribution in [2.45, 2.75) is 39.0 Å². The predicted octanol–water partition coefficient (Wildman–Crippen LogP) is 2.23. The molecule has 0 radical (unpaired) electrons. The Morgan fingerprint density at radius 2 is 2.37 bits per heavy atom. The zero-order valence-corrected chi connectivity index (χ0v) is 12.9. The Kier molecular flexibility index (Phi) is 4.47. The van der Waals surface area contributed by atoms with Crippen molar-refractivity contribution in [1.29, 1.82) is 0 Å². The van der Waals surface area contributed by atoms with Gasteiger partial charge in [-0.3, -0.25) is 4.99 Å². The molecule has 1 fully saturated rings. The van der Waals surface area contributed by atoms with E-state index >= 15 is 0 Å². The van der Waals surface area contributed by atoms with E-state index in [0.29, 0.717) is 12.1 Å². The highest BCUT2D eigenvalue weighted by molar-refractivity contribution is 7.07. The molecule has 1 heterocycles. The highest BCUT2D eigenvalue weighted by Crippen LogP contribution is 2.42. The lowest BCUT2D eigenvalue weighted by molar-refractivity contribution is -0.0922. The number of methoxy groups -OCH3 is 1. The van der Waals surface area contributed by atoms with Gasteiger partial charge in [-0.2, -0.15) is 11.3 Å². The van der Waals surface area contributed by atoms with Gasteiger partial charge >= 0.3 is 0 Å². The number of aliphatic imine (C=N–C) groups is 1. The third-order valence-corrected chi connectivity index (χ3v) is 4.77. The summed E-state index contributed by atoms with van der Waals surface area (Å²) in [6, 6.07) is 2.53. The smallest absolute Gasteiger partial charge is 0.191 e. The molecule has 1 aliphatic rings. The molecule has 0 amide bonds. The van der Waals surface area contributed by atoms with Crippen LogP contribution in [0.3, 0.4) is 0 Å². The van der Waals surface area contributed by atoms with Crippen molar-refractivity contribution >= 4 is 17.3 Å². The summed E-state index contributed by atoms with van der Waals surface area (Å²) in [5.74, 6) is 0.860. The van der Waals surface area contributed by atoms with Crippen LogP contribution in [0.1, 0.15) is 25.8 Å². The highest BCUT2D eigenvalue weighted by atomic mass is 32.1. The molecule has 0 aliphatic heterocycles. The van der Waals surface area contributed by atoms with Gasteiger partial charge in [-0.15, -0.1) is 0 Å². The minimum absolute atomic E-state index is 0.148. The van der Waals surface area contributed by atoms with Crippen molar-refractivity contribution in [2.24, 2.45) is 10.4 Å². The zero-order valence-electron chi connectivity index (χ0n) is 12.1. The van der Waals surface area contributed by atoms with Gasteiger partial charge in [0, 0.05) is 32.2 Å². The first-order valence-corrected chi connectivity index (χ1v) is 7.53. The summed E-state index contributed by atoms with van der Waals surface area (Å²) in [4.78, 5) is 4.28. The van der Waals surface area contributed by atoms with Crippen molar-refractivity contribution in [3.8, 4) is 0 Å². The van der Waals surface area contributed by atoms with Gasteiger partial charge in [-0.1, -0.05) is 13.8 Å². The maximum absolute atomic E-state index is 5.47. The zero-order chi connectivity index (χ0) is 13.9. The molecule has 0 bridgehead atoms. The lowest BCUT2D eigenvalue weighted by Gasteiger charge is -2.51. The number of ether oxygens (including phenoxy) is 1. The van der Waals surface area contributed by atoms with Crippen LogP contribution in [0.25, 0.3) is 0 Å². The average Bonchev–Trinajstić information content (AvgIpc) is 2.90. The number of nitrogens with zero attached hydrogens (tertiary/aromatic N) is 1. The Morgan fingerprint density at radius 1 is 1.58 bits per heavy atom. The second kappa shape index (κ2) is 5.92. The van der Waals surface area contributed by atoms with Gasteiger partial charge in [0.05, 0.1) is 6.10 Å². The van der Waals surface area contributed by atoms with Crippen molar-refractivity contribution in [3.05, 3.63) is 22.4 Å². The first-order chi connectivity index (χ1) is 9.07. The molecule has 5 heteroatoms. The summed E-state index contributed by atoms with van der Waals surface area (Å²) < 4.78 is 5.47. The Bertz CT molecular complexity index is 428. The summed E-state index contributed by atoms with van der Waals surface area (Å²) in [6.45, 7) is 5.27. The van der Waals surface area contributed by atoms with E-state index in [0.717, 1.165) is 18.9 Å². The number of guanidine groups is 1. The molecule has 2 N–H and O–H groups in total. The Morgan fingerprint density at radius 3 is 2.89 bits per heavy atom. The predicted molar refractivity (Wildman–Crippen MR) is 80.6 cm³/mol. The van der Waals surface area contributed by atoms with Crippen LogP contribution >= 0.6 is 11.3 Å². The van der Waals surface area contributed by atoms with E-state index in [1.54, 1.807) is 18.4 Å².